The molecule has 1 aromatic carbocycles. The molecule has 2 aromatic rings. The monoisotopic (exact) mass is 383 g/mol. The lowest BCUT2D eigenvalue weighted by molar-refractivity contribution is 0.354. The van der Waals surface area contributed by atoms with E-state index in [0.29, 0.717) is 41.3 Å². The summed E-state index contributed by atoms with van der Waals surface area (Å²) in [4.78, 5) is 8.79. The third-order valence-electron chi connectivity index (χ3n) is 5.14. The normalized spacial score (nSPS) is 18.7. The first-order valence-corrected chi connectivity index (χ1v) is 9.74. The second-order valence-corrected chi connectivity index (χ2v) is 7.49. The molecule has 148 valence electrons. The Bertz CT molecular complexity index is 927. The van der Waals surface area contributed by atoms with Crippen molar-refractivity contribution in [1.82, 2.24) is 15.3 Å². The van der Waals surface area contributed by atoms with Crippen molar-refractivity contribution in [2.24, 2.45) is 5.92 Å². The van der Waals surface area contributed by atoms with Crippen LogP contribution in [0.2, 0.25) is 0 Å². The maximum absolute atomic E-state index is 15.7. The number of fused-ring (bicyclic) bond motifs is 1. The molecule has 6 nitrogen and oxygen atoms in total. The highest BCUT2D eigenvalue weighted by atomic mass is 19.1. The van der Waals surface area contributed by atoms with Gasteiger partial charge in [0.05, 0.1) is 17.9 Å². The number of benzene rings is 1. The van der Waals surface area contributed by atoms with Gasteiger partial charge in [-0.1, -0.05) is 13.0 Å². The van der Waals surface area contributed by atoms with E-state index >= 15 is 4.39 Å². The molecule has 1 unspecified atom stereocenters. The first-order valence-electron chi connectivity index (χ1n) is 9.74. The largest absolute Gasteiger partial charge is 0.492 e. The van der Waals surface area contributed by atoms with Gasteiger partial charge in [-0.15, -0.1) is 0 Å². The summed E-state index contributed by atoms with van der Waals surface area (Å²) >= 11 is 0. The predicted octanol–water partition coefficient (Wildman–Crippen LogP) is 3.66. The van der Waals surface area contributed by atoms with Crippen LogP contribution in [0, 0.1) is 18.7 Å². The van der Waals surface area contributed by atoms with E-state index in [9.17, 15) is 0 Å². The Morgan fingerprint density at radius 2 is 2.14 bits per heavy atom. The van der Waals surface area contributed by atoms with E-state index in [1.54, 1.807) is 7.05 Å². The minimum atomic E-state index is -0.308. The Labute approximate surface area is 164 Å². The van der Waals surface area contributed by atoms with Gasteiger partial charge < -0.3 is 20.7 Å². The highest BCUT2D eigenvalue weighted by Crippen LogP contribution is 2.42. The van der Waals surface area contributed by atoms with Crippen LogP contribution in [-0.4, -0.2) is 36.7 Å². The molecule has 0 fully saturated rings. The average molecular weight is 383 g/mol. The number of nitrogens with one attached hydrogen (secondary N) is 3. The molecular weight excluding hydrogens is 357 g/mol. The first kappa shape index (κ1) is 18.7. The van der Waals surface area contributed by atoms with Crippen LogP contribution in [0.1, 0.15) is 30.2 Å². The smallest absolute Gasteiger partial charge is 0.229 e. The van der Waals surface area contributed by atoms with Crippen LogP contribution >= 0.6 is 0 Å². The predicted molar refractivity (Wildman–Crippen MR) is 110 cm³/mol. The number of nitrogens with zero attached hydrogens (tertiary/aromatic N) is 2. The van der Waals surface area contributed by atoms with Gasteiger partial charge in [-0.05, 0) is 37.4 Å². The first-order chi connectivity index (χ1) is 13.5. The quantitative estimate of drug-likeness (QED) is 0.749. The van der Waals surface area contributed by atoms with Gasteiger partial charge in [0.2, 0.25) is 5.95 Å². The molecule has 2 aliphatic rings. The fraction of sp³-hybridized carbons (Fsp3) is 0.429. The second-order valence-electron chi connectivity index (χ2n) is 7.49. The molecular formula is C21H26FN5O. The Morgan fingerprint density at radius 3 is 2.96 bits per heavy atom. The third-order valence-corrected chi connectivity index (χ3v) is 5.14. The molecule has 0 bridgehead atoms. The molecule has 0 saturated heterocycles. The van der Waals surface area contributed by atoms with E-state index in [2.05, 4.69) is 38.9 Å². The van der Waals surface area contributed by atoms with Crippen LogP contribution in [-0.2, 0) is 6.42 Å². The number of ether oxygens (including phenoxy) is 1. The van der Waals surface area contributed by atoms with Crippen molar-refractivity contribution in [2.75, 3.05) is 37.4 Å². The molecule has 0 radical (unpaired) electrons. The van der Waals surface area contributed by atoms with E-state index in [-0.39, 0.29) is 5.82 Å². The molecule has 1 aromatic heterocycles. The minimum Gasteiger partial charge on any atom is -0.492 e. The van der Waals surface area contributed by atoms with Gasteiger partial charge in [0.1, 0.15) is 11.6 Å². The number of hydrogen-bond acceptors (Lipinski definition) is 6. The molecule has 0 aliphatic carbocycles. The maximum Gasteiger partial charge on any atom is 0.229 e. The van der Waals surface area contributed by atoms with Gasteiger partial charge in [-0.2, -0.15) is 4.98 Å². The zero-order chi connectivity index (χ0) is 19.7. The molecule has 28 heavy (non-hydrogen) atoms. The zero-order valence-corrected chi connectivity index (χ0v) is 16.5. The molecule has 1 atom stereocenters. The Morgan fingerprint density at radius 1 is 1.29 bits per heavy atom. The molecule has 3 N–H and O–H groups in total. The lowest BCUT2D eigenvalue weighted by atomic mass is 9.92. The van der Waals surface area contributed by atoms with Crippen molar-refractivity contribution in [1.29, 1.82) is 0 Å². The topological polar surface area (TPSA) is 71.1 Å². The Hall–Kier alpha value is -2.67. The molecule has 2 aliphatic heterocycles. The number of halogens is 1. The fourth-order valence-corrected chi connectivity index (χ4v) is 3.82. The van der Waals surface area contributed by atoms with Gasteiger partial charge in [0, 0.05) is 37.3 Å². The SMILES string of the molecule is CNc1cc(C)nc(Nc2cc3c(c(C4=CCNCC(C)C4)c2F)OCC3)n1. The van der Waals surface area contributed by atoms with Crippen molar-refractivity contribution >= 4 is 23.0 Å². The number of aryl methyl sites for hydroxylation is 1. The van der Waals surface area contributed by atoms with Crippen LogP contribution in [0.3, 0.4) is 0 Å². The average Bonchev–Trinajstić information content (AvgIpc) is 3.01. The van der Waals surface area contributed by atoms with Crippen molar-refractivity contribution < 1.29 is 9.13 Å². The summed E-state index contributed by atoms with van der Waals surface area (Å²) in [6, 6.07) is 3.67. The van der Waals surface area contributed by atoms with Crippen molar-refractivity contribution in [3.63, 3.8) is 0 Å². The Kier molecular flexibility index (Phi) is 5.17. The van der Waals surface area contributed by atoms with Gasteiger partial charge >= 0.3 is 0 Å². The lowest BCUT2D eigenvalue weighted by Crippen LogP contribution is -2.18. The highest BCUT2D eigenvalue weighted by molar-refractivity contribution is 5.78. The van der Waals surface area contributed by atoms with Crippen molar-refractivity contribution in [3.8, 4) is 5.75 Å². The van der Waals surface area contributed by atoms with Crippen LogP contribution in [0.5, 0.6) is 5.75 Å². The summed E-state index contributed by atoms with van der Waals surface area (Å²) in [6.45, 7) is 6.30. The number of allylic oxidation sites excluding steroid dienone is 1. The second kappa shape index (κ2) is 7.75. The van der Waals surface area contributed by atoms with Crippen LogP contribution in [0.15, 0.2) is 18.2 Å². The summed E-state index contributed by atoms with van der Waals surface area (Å²) in [7, 11) is 1.80. The van der Waals surface area contributed by atoms with Crippen molar-refractivity contribution in [2.45, 2.75) is 26.7 Å². The molecule has 4 rings (SSSR count). The number of anilines is 3. The minimum absolute atomic E-state index is 0.308. The summed E-state index contributed by atoms with van der Waals surface area (Å²) in [5.74, 6) is 1.87. The van der Waals surface area contributed by atoms with E-state index < -0.39 is 0 Å². The summed E-state index contributed by atoms with van der Waals surface area (Å²) < 4.78 is 21.5. The molecule has 0 saturated carbocycles. The van der Waals surface area contributed by atoms with Crippen molar-refractivity contribution in [3.05, 3.63) is 40.8 Å². The molecule has 7 heteroatoms. The standard InChI is InChI=1S/C21H26FN5O/c1-12-8-14(4-6-24-11-12)18-19(22)16(10-15-5-7-28-20(15)18)26-21-25-13(2)9-17(23-3)27-21/h4,9-10,12,24H,5-8,11H2,1-3H3,(H2,23,25,26,27). The van der Waals surface area contributed by atoms with Gasteiger partial charge in [0.25, 0.3) is 0 Å². The zero-order valence-electron chi connectivity index (χ0n) is 16.5. The molecule has 0 spiro atoms. The van der Waals surface area contributed by atoms with Gasteiger partial charge in [-0.25, -0.2) is 9.37 Å². The van der Waals surface area contributed by atoms with Crippen LogP contribution < -0.4 is 20.7 Å². The number of aromatic nitrogens is 2. The summed E-state index contributed by atoms with van der Waals surface area (Å²) in [6.07, 6.45) is 3.67. The summed E-state index contributed by atoms with van der Waals surface area (Å²) in [5.41, 5.74) is 3.79. The summed E-state index contributed by atoms with van der Waals surface area (Å²) in [5, 5.41) is 9.47. The van der Waals surface area contributed by atoms with Crippen LogP contribution in [0.4, 0.5) is 21.8 Å². The van der Waals surface area contributed by atoms with E-state index in [1.807, 2.05) is 19.1 Å². The molecule has 3 heterocycles. The number of hydrogen-bond donors (Lipinski definition) is 3. The molecule has 0 amide bonds. The lowest BCUT2D eigenvalue weighted by Gasteiger charge is -2.18. The van der Waals surface area contributed by atoms with E-state index in [1.165, 1.54) is 0 Å². The Balaban J connectivity index is 1.77. The van der Waals surface area contributed by atoms with E-state index in [0.717, 1.165) is 42.8 Å². The maximum atomic E-state index is 15.7. The van der Waals surface area contributed by atoms with Gasteiger partial charge in [0.15, 0.2) is 5.82 Å². The highest BCUT2D eigenvalue weighted by Gasteiger charge is 2.27. The fourth-order valence-electron chi connectivity index (χ4n) is 3.82. The number of rotatable bonds is 4. The van der Waals surface area contributed by atoms with E-state index in [4.69, 9.17) is 4.74 Å². The van der Waals surface area contributed by atoms with Crippen LogP contribution in [0.25, 0.3) is 5.57 Å². The van der Waals surface area contributed by atoms with Gasteiger partial charge in [-0.3, -0.25) is 0 Å². The third kappa shape index (κ3) is 3.67.